The van der Waals surface area contributed by atoms with Crippen LogP contribution in [0.2, 0.25) is 0 Å². The van der Waals surface area contributed by atoms with Crippen molar-refractivity contribution >= 4 is 33.3 Å². The summed E-state index contributed by atoms with van der Waals surface area (Å²) in [6.07, 6.45) is 1.28. The maximum Gasteiger partial charge on any atom is 0.321 e. The molecule has 0 bridgehead atoms. The van der Waals surface area contributed by atoms with Crippen LogP contribution in [-0.2, 0) is 21.2 Å². The number of hydrogen-bond acceptors (Lipinski definition) is 8. The van der Waals surface area contributed by atoms with Crippen molar-refractivity contribution in [2.45, 2.75) is 31.6 Å². The average Bonchev–Trinajstić information content (AvgIpc) is 3.26. The Bertz CT molecular complexity index is 984. The number of nitrogens with zero attached hydrogens (tertiary/aromatic N) is 3. The van der Waals surface area contributed by atoms with Gasteiger partial charge in [-0.1, -0.05) is 11.2 Å². The van der Waals surface area contributed by atoms with E-state index in [1.807, 2.05) is 22.4 Å². The predicted octanol–water partition coefficient (Wildman–Crippen LogP) is 1.12. The molecule has 31 heavy (non-hydrogen) atoms. The zero-order valence-electron chi connectivity index (χ0n) is 17.6. The van der Waals surface area contributed by atoms with Crippen molar-refractivity contribution in [2.75, 3.05) is 39.3 Å². The summed E-state index contributed by atoms with van der Waals surface area (Å²) < 4.78 is 32.4. The maximum atomic E-state index is 13.0. The Hall–Kier alpha value is -2.28. The molecule has 12 heteroatoms. The molecule has 0 spiro atoms. The van der Waals surface area contributed by atoms with E-state index in [1.54, 1.807) is 25.2 Å². The van der Waals surface area contributed by atoms with Gasteiger partial charge in [0.2, 0.25) is 15.9 Å². The van der Waals surface area contributed by atoms with Gasteiger partial charge in [-0.25, -0.2) is 13.2 Å². The highest BCUT2D eigenvalue weighted by Crippen LogP contribution is 2.24. The van der Waals surface area contributed by atoms with E-state index in [-0.39, 0.29) is 23.7 Å². The van der Waals surface area contributed by atoms with Crippen molar-refractivity contribution < 1.29 is 22.5 Å². The summed E-state index contributed by atoms with van der Waals surface area (Å²) in [5.74, 6) is -0.154. The van der Waals surface area contributed by atoms with Gasteiger partial charge < -0.3 is 9.84 Å². The Labute approximate surface area is 185 Å². The topological polar surface area (TPSA) is 125 Å². The summed E-state index contributed by atoms with van der Waals surface area (Å²) in [5, 5.41) is 10.7. The van der Waals surface area contributed by atoms with Gasteiger partial charge in [0.1, 0.15) is 10.6 Å². The summed E-state index contributed by atoms with van der Waals surface area (Å²) in [4.78, 5) is 27.2. The molecule has 2 aromatic heterocycles. The van der Waals surface area contributed by atoms with Crippen LogP contribution < -0.4 is 10.6 Å². The van der Waals surface area contributed by atoms with Crippen LogP contribution in [0.3, 0.4) is 0 Å². The van der Waals surface area contributed by atoms with Crippen molar-refractivity contribution in [3.8, 4) is 0 Å². The Kier molecular flexibility index (Phi) is 7.81. The van der Waals surface area contributed by atoms with Gasteiger partial charge in [-0.2, -0.15) is 4.31 Å². The number of thiophene rings is 1. The Balaban J connectivity index is 1.46. The van der Waals surface area contributed by atoms with Crippen LogP contribution in [0.4, 0.5) is 4.79 Å². The summed E-state index contributed by atoms with van der Waals surface area (Å²) in [5.41, 5.74) is 0.336. The number of carbonyl (C=O) groups is 2. The monoisotopic (exact) mass is 469 g/mol. The molecule has 3 rings (SSSR count). The fourth-order valence-electron chi connectivity index (χ4n) is 3.49. The largest absolute Gasteiger partial charge is 0.360 e. The van der Waals surface area contributed by atoms with E-state index in [0.29, 0.717) is 44.7 Å². The summed E-state index contributed by atoms with van der Waals surface area (Å²) >= 11 is 1.62. The number of carbonyl (C=O) groups excluding carboxylic acids is 2. The first-order valence-corrected chi connectivity index (χ1v) is 12.3. The second-order valence-corrected chi connectivity index (χ2v) is 10.2. The fourth-order valence-corrected chi connectivity index (χ4v) is 5.95. The molecule has 3 amide bonds. The van der Waals surface area contributed by atoms with Crippen molar-refractivity contribution in [2.24, 2.45) is 0 Å². The van der Waals surface area contributed by atoms with Crippen LogP contribution in [0, 0.1) is 13.8 Å². The number of rotatable bonds is 7. The molecule has 3 heterocycles. The molecular formula is C19H27N5O5S2. The molecule has 170 valence electrons. The van der Waals surface area contributed by atoms with E-state index in [1.165, 1.54) is 4.31 Å². The summed E-state index contributed by atoms with van der Waals surface area (Å²) in [6.45, 7) is 5.17. The van der Waals surface area contributed by atoms with E-state index in [0.717, 1.165) is 4.88 Å². The second kappa shape index (κ2) is 10.4. The Morgan fingerprint density at radius 2 is 2.03 bits per heavy atom. The first kappa shape index (κ1) is 23.4. The molecule has 0 unspecified atom stereocenters. The number of sulfonamides is 1. The third-order valence-corrected chi connectivity index (χ3v) is 8.05. The number of urea groups is 1. The van der Waals surface area contributed by atoms with Gasteiger partial charge in [-0.05, 0) is 44.7 Å². The molecule has 1 aliphatic heterocycles. The standard InChI is InChI=1S/C19H27N5O5S2/c1-14-18(15(2)29-22-14)31(27,28)24-9-4-8-23(10-11-24)13-17(25)21-19(26)20-7-6-16-5-3-12-30-16/h3,5,12H,4,6-11,13H2,1-2H3,(H2,20,21,25,26). The van der Waals surface area contributed by atoms with Crippen LogP contribution in [0.25, 0.3) is 0 Å². The minimum absolute atomic E-state index is 0.0254. The quantitative estimate of drug-likeness (QED) is 0.622. The van der Waals surface area contributed by atoms with Crippen molar-refractivity contribution in [1.29, 1.82) is 0 Å². The minimum atomic E-state index is -3.72. The molecule has 0 aliphatic carbocycles. The Morgan fingerprint density at radius 1 is 1.23 bits per heavy atom. The predicted molar refractivity (Wildman–Crippen MR) is 115 cm³/mol. The number of nitrogens with one attached hydrogen (secondary N) is 2. The van der Waals surface area contributed by atoms with E-state index in [2.05, 4.69) is 15.8 Å². The molecule has 0 aromatic carbocycles. The molecule has 0 saturated carbocycles. The SMILES string of the molecule is Cc1noc(C)c1S(=O)(=O)N1CCCN(CC(=O)NC(=O)NCCc2cccs2)CC1. The van der Waals surface area contributed by atoms with Gasteiger partial charge in [0.05, 0.1) is 6.54 Å². The Morgan fingerprint density at radius 3 is 2.71 bits per heavy atom. The van der Waals surface area contributed by atoms with E-state index in [4.69, 9.17) is 4.52 Å². The smallest absolute Gasteiger partial charge is 0.321 e. The third kappa shape index (κ3) is 6.12. The normalized spacial score (nSPS) is 16.1. The number of hydrogen-bond donors (Lipinski definition) is 2. The lowest BCUT2D eigenvalue weighted by molar-refractivity contribution is -0.121. The van der Waals surface area contributed by atoms with Crippen LogP contribution >= 0.6 is 11.3 Å². The van der Waals surface area contributed by atoms with Gasteiger partial charge in [-0.3, -0.25) is 15.0 Å². The van der Waals surface area contributed by atoms with Gasteiger partial charge >= 0.3 is 6.03 Å². The van der Waals surface area contributed by atoms with Crippen LogP contribution in [0.15, 0.2) is 26.9 Å². The van der Waals surface area contributed by atoms with Crippen molar-refractivity contribution in [3.63, 3.8) is 0 Å². The highest BCUT2D eigenvalue weighted by Gasteiger charge is 2.32. The maximum absolute atomic E-state index is 13.0. The van der Waals surface area contributed by atoms with Crippen LogP contribution in [-0.4, -0.2) is 74.0 Å². The molecule has 10 nitrogen and oxygen atoms in total. The van der Waals surface area contributed by atoms with Crippen LogP contribution in [0.1, 0.15) is 22.8 Å². The lowest BCUT2D eigenvalue weighted by Crippen LogP contribution is -2.45. The number of aromatic nitrogens is 1. The summed E-state index contributed by atoms with van der Waals surface area (Å²) in [6, 6.07) is 3.41. The van der Waals surface area contributed by atoms with Crippen LogP contribution in [0.5, 0.6) is 0 Å². The molecule has 1 fully saturated rings. The van der Waals surface area contributed by atoms with Crippen molar-refractivity contribution in [1.82, 2.24) is 25.0 Å². The lowest BCUT2D eigenvalue weighted by atomic mass is 10.3. The first-order chi connectivity index (χ1) is 14.8. The van der Waals surface area contributed by atoms with E-state index in [9.17, 15) is 18.0 Å². The highest BCUT2D eigenvalue weighted by atomic mass is 32.2. The minimum Gasteiger partial charge on any atom is -0.360 e. The molecule has 0 radical (unpaired) electrons. The van der Waals surface area contributed by atoms with Gasteiger partial charge in [0, 0.05) is 31.1 Å². The van der Waals surface area contributed by atoms with Crippen molar-refractivity contribution in [3.05, 3.63) is 33.8 Å². The van der Waals surface area contributed by atoms with Gasteiger partial charge in [-0.15, -0.1) is 11.3 Å². The number of amides is 3. The molecule has 1 aliphatic rings. The lowest BCUT2D eigenvalue weighted by Gasteiger charge is -2.21. The first-order valence-electron chi connectivity index (χ1n) is 10.0. The molecule has 2 N–H and O–H groups in total. The number of imide groups is 1. The fraction of sp³-hybridized carbons (Fsp3) is 0.526. The van der Waals surface area contributed by atoms with Gasteiger partial charge in [0.25, 0.3) is 0 Å². The zero-order valence-corrected chi connectivity index (χ0v) is 19.2. The summed E-state index contributed by atoms with van der Waals surface area (Å²) in [7, 11) is -3.72. The second-order valence-electron chi connectivity index (χ2n) is 7.32. The van der Waals surface area contributed by atoms with E-state index < -0.39 is 22.0 Å². The third-order valence-electron chi connectivity index (χ3n) is 4.97. The molecule has 2 aromatic rings. The molecule has 1 saturated heterocycles. The van der Waals surface area contributed by atoms with E-state index >= 15 is 0 Å². The van der Waals surface area contributed by atoms with Gasteiger partial charge in [0.15, 0.2) is 5.76 Å². The molecular weight excluding hydrogens is 442 g/mol. The zero-order chi connectivity index (χ0) is 22.4. The molecule has 0 atom stereocenters. The average molecular weight is 470 g/mol. The number of aryl methyl sites for hydroxylation is 2. The highest BCUT2D eigenvalue weighted by molar-refractivity contribution is 7.89.